The predicted octanol–water partition coefficient (Wildman–Crippen LogP) is 1.16. The Morgan fingerprint density at radius 3 is 3.06 bits per heavy atom. The molecule has 1 saturated carbocycles. The molecule has 0 bridgehead atoms. The lowest BCUT2D eigenvalue weighted by molar-refractivity contribution is 0.118. The molecule has 1 aliphatic rings. The van der Waals surface area contributed by atoms with E-state index in [4.69, 9.17) is 4.74 Å². The van der Waals surface area contributed by atoms with Crippen LogP contribution < -0.4 is 5.32 Å². The molecule has 6 nitrogen and oxygen atoms in total. The minimum absolute atomic E-state index is 0.192. The highest BCUT2D eigenvalue weighted by Crippen LogP contribution is 2.28. The van der Waals surface area contributed by atoms with Crippen LogP contribution in [0.25, 0.3) is 0 Å². The van der Waals surface area contributed by atoms with Gasteiger partial charge >= 0.3 is 0 Å². The largest absolute Gasteiger partial charge is 0.381 e. The molecule has 1 atom stereocenters. The maximum absolute atomic E-state index is 5.61. The third-order valence-electron chi connectivity index (χ3n) is 3.17. The second-order valence-electron chi connectivity index (χ2n) is 4.91. The van der Waals surface area contributed by atoms with E-state index in [1.165, 1.54) is 12.8 Å². The van der Waals surface area contributed by atoms with Crippen molar-refractivity contribution in [3.8, 4) is 0 Å². The third-order valence-corrected chi connectivity index (χ3v) is 3.17. The van der Waals surface area contributed by atoms with Gasteiger partial charge in [-0.15, -0.1) is 5.10 Å². The molecule has 102 valence electrons. The zero-order valence-electron chi connectivity index (χ0n) is 11.3. The molecule has 0 radical (unpaired) electrons. The van der Waals surface area contributed by atoms with Crippen molar-refractivity contribution in [2.75, 3.05) is 19.8 Å². The van der Waals surface area contributed by atoms with E-state index < -0.39 is 0 Å². The fourth-order valence-corrected chi connectivity index (χ4v) is 1.93. The fourth-order valence-electron chi connectivity index (χ4n) is 1.93. The molecule has 1 aromatic heterocycles. The first-order valence-corrected chi connectivity index (χ1v) is 6.88. The van der Waals surface area contributed by atoms with Crippen LogP contribution in [-0.4, -0.2) is 40.0 Å². The number of aromatic nitrogens is 4. The Morgan fingerprint density at radius 1 is 1.50 bits per heavy atom. The number of hydrogen-bond donors (Lipinski definition) is 1. The van der Waals surface area contributed by atoms with Crippen molar-refractivity contribution in [1.29, 1.82) is 0 Å². The van der Waals surface area contributed by atoms with Crippen LogP contribution in [0.15, 0.2) is 0 Å². The topological polar surface area (TPSA) is 64.9 Å². The Hall–Kier alpha value is -1.01. The van der Waals surface area contributed by atoms with Crippen molar-refractivity contribution in [1.82, 2.24) is 25.5 Å². The Balaban J connectivity index is 1.69. The SMILES string of the molecule is CCNC(C)c1nnnn1CCCOCC1CC1. The van der Waals surface area contributed by atoms with E-state index in [0.29, 0.717) is 0 Å². The van der Waals surface area contributed by atoms with Gasteiger partial charge in [0.25, 0.3) is 0 Å². The highest BCUT2D eigenvalue weighted by Gasteiger charge is 2.21. The first-order valence-electron chi connectivity index (χ1n) is 6.88. The van der Waals surface area contributed by atoms with Crippen molar-refractivity contribution < 1.29 is 4.74 Å². The van der Waals surface area contributed by atoms with Gasteiger partial charge in [0.05, 0.1) is 6.04 Å². The maximum atomic E-state index is 5.61. The van der Waals surface area contributed by atoms with Crippen LogP contribution in [-0.2, 0) is 11.3 Å². The number of ether oxygens (including phenoxy) is 1. The van der Waals surface area contributed by atoms with E-state index in [1.54, 1.807) is 0 Å². The van der Waals surface area contributed by atoms with Crippen LogP contribution in [0, 0.1) is 5.92 Å². The molecule has 0 saturated heterocycles. The number of hydrogen-bond acceptors (Lipinski definition) is 5. The first-order chi connectivity index (χ1) is 8.81. The average molecular weight is 253 g/mol. The van der Waals surface area contributed by atoms with Crippen molar-refractivity contribution in [3.05, 3.63) is 5.82 Å². The Morgan fingerprint density at radius 2 is 2.33 bits per heavy atom. The zero-order valence-corrected chi connectivity index (χ0v) is 11.3. The second-order valence-corrected chi connectivity index (χ2v) is 4.91. The van der Waals surface area contributed by atoms with Crippen LogP contribution in [0.5, 0.6) is 0 Å². The van der Waals surface area contributed by atoms with Gasteiger partial charge in [-0.2, -0.15) is 0 Å². The van der Waals surface area contributed by atoms with Crippen molar-refractivity contribution >= 4 is 0 Å². The zero-order chi connectivity index (χ0) is 12.8. The summed E-state index contributed by atoms with van der Waals surface area (Å²) < 4.78 is 7.48. The summed E-state index contributed by atoms with van der Waals surface area (Å²) in [5.41, 5.74) is 0. The summed E-state index contributed by atoms with van der Waals surface area (Å²) in [6.45, 7) is 7.62. The second kappa shape index (κ2) is 6.80. The monoisotopic (exact) mass is 253 g/mol. The molecular formula is C12H23N5O. The van der Waals surface area contributed by atoms with Gasteiger partial charge in [0.15, 0.2) is 5.82 Å². The van der Waals surface area contributed by atoms with Crippen molar-refractivity contribution in [2.45, 2.75) is 45.7 Å². The summed E-state index contributed by atoms with van der Waals surface area (Å²) in [4.78, 5) is 0. The molecular weight excluding hydrogens is 230 g/mol. The summed E-state index contributed by atoms with van der Waals surface area (Å²) >= 11 is 0. The molecule has 0 aromatic carbocycles. The van der Waals surface area contributed by atoms with Gasteiger partial charge in [-0.3, -0.25) is 0 Å². The lowest BCUT2D eigenvalue weighted by atomic mass is 10.3. The van der Waals surface area contributed by atoms with E-state index in [9.17, 15) is 0 Å². The summed E-state index contributed by atoms with van der Waals surface area (Å²) in [7, 11) is 0. The smallest absolute Gasteiger partial charge is 0.167 e. The van der Waals surface area contributed by atoms with E-state index in [1.807, 2.05) is 4.68 Å². The van der Waals surface area contributed by atoms with Crippen LogP contribution in [0.2, 0.25) is 0 Å². The van der Waals surface area contributed by atoms with Crippen molar-refractivity contribution in [2.24, 2.45) is 5.92 Å². The maximum Gasteiger partial charge on any atom is 0.167 e. The number of nitrogens with one attached hydrogen (secondary N) is 1. The summed E-state index contributed by atoms with van der Waals surface area (Å²) in [6, 6.07) is 0.192. The highest BCUT2D eigenvalue weighted by atomic mass is 16.5. The van der Waals surface area contributed by atoms with Crippen LogP contribution in [0.3, 0.4) is 0 Å². The molecule has 1 unspecified atom stereocenters. The number of nitrogens with zero attached hydrogens (tertiary/aromatic N) is 4. The fraction of sp³-hybridized carbons (Fsp3) is 0.917. The van der Waals surface area contributed by atoms with Crippen molar-refractivity contribution in [3.63, 3.8) is 0 Å². The molecule has 1 aromatic rings. The molecule has 18 heavy (non-hydrogen) atoms. The van der Waals surface area contributed by atoms with Gasteiger partial charge in [0.1, 0.15) is 0 Å². The number of aryl methyl sites for hydroxylation is 1. The first kappa shape index (κ1) is 13.4. The van der Waals surface area contributed by atoms with Crippen LogP contribution in [0.1, 0.15) is 45.0 Å². The summed E-state index contributed by atoms with van der Waals surface area (Å²) in [5, 5.41) is 15.2. The van der Waals surface area contributed by atoms with E-state index >= 15 is 0 Å². The molecule has 0 spiro atoms. The predicted molar refractivity (Wildman–Crippen MR) is 68.1 cm³/mol. The Kier molecular flexibility index (Phi) is 5.07. The van der Waals surface area contributed by atoms with Gasteiger partial charge in [0.2, 0.25) is 0 Å². The number of tetrazole rings is 1. The lowest BCUT2D eigenvalue weighted by Gasteiger charge is -2.11. The molecule has 6 heteroatoms. The Labute approximate surface area is 108 Å². The lowest BCUT2D eigenvalue weighted by Crippen LogP contribution is -2.22. The van der Waals surface area contributed by atoms with E-state index in [-0.39, 0.29) is 6.04 Å². The highest BCUT2D eigenvalue weighted by molar-refractivity contribution is 4.89. The minimum atomic E-state index is 0.192. The molecule has 1 heterocycles. The van der Waals surface area contributed by atoms with E-state index in [0.717, 1.165) is 44.5 Å². The Bertz CT molecular complexity index is 350. The number of rotatable bonds is 9. The van der Waals surface area contributed by atoms with Gasteiger partial charge in [-0.1, -0.05) is 6.92 Å². The third kappa shape index (κ3) is 4.03. The molecule has 1 N–H and O–H groups in total. The summed E-state index contributed by atoms with van der Waals surface area (Å²) in [6.07, 6.45) is 3.65. The van der Waals surface area contributed by atoms with Gasteiger partial charge in [-0.05, 0) is 49.1 Å². The normalized spacial score (nSPS) is 17.0. The molecule has 2 rings (SSSR count). The standard InChI is InChI=1S/C12H23N5O/c1-3-13-10(2)12-14-15-16-17(12)7-4-8-18-9-11-5-6-11/h10-11,13H,3-9H2,1-2H3. The molecule has 0 aliphatic heterocycles. The van der Waals surface area contributed by atoms with Gasteiger partial charge in [-0.25, -0.2) is 4.68 Å². The summed E-state index contributed by atoms with van der Waals surface area (Å²) in [5.74, 6) is 1.74. The van der Waals surface area contributed by atoms with Gasteiger partial charge < -0.3 is 10.1 Å². The van der Waals surface area contributed by atoms with Crippen LogP contribution >= 0.6 is 0 Å². The van der Waals surface area contributed by atoms with Crippen LogP contribution in [0.4, 0.5) is 0 Å². The quantitative estimate of drug-likeness (QED) is 0.669. The minimum Gasteiger partial charge on any atom is -0.381 e. The van der Waals surface area contributed by atoms with E-state index in [2.05, 4.69) is 34.7 Å². The van der Waals surface area contributed by atoms with Gasteiger partial charge in [0, 0.05) is 19.8 Å². The molecule has 1 fully saturated rings. The molecule has 0 amide bonds. The average Bonchev–Trinajstić information content (AvgIpc) is 3.06. The molecule has 1 aliphatic carbocycles.